The van der Waals surface area contributed by atoms with Crippen molar-refractivity contribution >= 4 is 34.9 Å². The van der Waals surface area contributed by atoms with Crippen LogP contribution in [0.1, 0.15) is 10.4 Å². The molecule has 0 unspecified atom stereocenters. The van der Waals surface area contributed by atoms with Crippen molar-refractivity contribution in [1.82, 2.24) is 5.43 Å². The van der Waals surface area contributed by atoms with Crippen LogP contribution in [0.25, 0.3) is 0 Å². The fourth-order valence-corrected chi connectivity index (χ4v) is 2.16. The highest BCUT2D eigenvalue weighted by Gasteiger charge is 2.14. The second-order valence-corrected chi connectivity index (χ2v) is 5.06. The lowest BCUT2D eigenvalue weighted by Gasteiger charge is -2.13. The Balaban J connectivity index is 2.22. The van der Waals surface area contributed by atoms with Crippen LogP contribution < -0.4 is 26.6 Å². The summed E-state index contributed by atoms with van der Waals surface area (Å²) < 4.78 is 18.3. The molecule has 2 aromatic rings. The van der Waals surface area contributed by atoms with E-state index in [0.717, 1.165) is 12.1 Å². The minimum atomic E-state index is -0.698. The fraction of sp³-hybridized carbons (Fsp3) is 0.0667. The van der Waals surface area contributed by atoms with E-state index < -0.39 is 17.8 Å². The van der Waals surface area contributed by atoms with Crippen LogP contribution in [0.5, 0.6) is 5.75 Å². The van der Waals surface area contributed by atoms with Gasteiger partial charge in [0.2, 0.25) is 0 Å². The summed E-state index contributed by atoms with van der Waals surface area (Å²) in [6, 6.07) is 7.32. The number of nitrogens with one attached hydrogen (secondary N) is 3. The zero-order chi connectivity index (χ0) is 17.7. The molecule has 24 heavy (non-hydrogen) atoms. The molecular formula is C15H14ClFN4O3. The topological polar surface area (TPSA) is 105 Å². The van der Waals surface area contributed by atoms with Gasteiger partial charge < -0.3 is 15.4 Å². The van der Waals surface area contributed by atoms with E-state index in [2.05, 4.69) is 10.6 Å². The molecular weight excluding hydrogens is 339 g/mol. The van der Waals surface area contributed by atoms with Gasteiger partial charge in [-0.2, -0.15) is 0 Å². The summed E-state index contributed by atoms with van der Waals surface area (Å²) in [5.41, 5.74) is 2.43. The third-order valence-corrected chi connectivity index (χ3v) is 3.19. The molecule has 0 aliphatic heterocycles. The average molecular weight is 353 g/mol. The van der Waals surface area contributed by atoms with Gasteiger partial charge in [0, 0.05) is 16.8 Å². The molecule has 0 heterocycles. The number of rotatable bonds is 4. The quantitative estimate of drug-likeness (QED) is 0.385. The van der Waals surface area contributed by atoms with Crippen molar-refractivity contribution in [2.45, 2.75) is 0 Å². The van der Waals surface area contributed by atoms with Gasteiger partial charge in [-0.05, 0) is 30.3 Å². The third-order valence-electron chi connectivity index (χ3n) is 2.97. The number of carbonyl (C=O) groups is 2. The molecule has 7 nitrogen and oxygen atoms in total. The van der Waals surface area contributed by atoms with E-state index in [0.29, 0.717) is 5.75 Å². The molecule has 0 saturated carbocycles. The van der Waals surface area contributed by atoms with Crippen LogP contribution in [0.15, 0.2) is 36.4 Å². The monoisotopic (exact) mass is 352 g/mol. The number of hydrazine groups is 1. The first-order chi connectivity index (χ1) is 11.4. The predicted molar refractivity (Wildman–Crippen MR) is 88.7 cm³/mol. The molecule has 0 fully saturated rings. The number of hydrogen-bond donors (Lipinski definition) is 4. The molecule has 0 radical (unpaired) electrons. The molecule has 0 atom stereocenters. The standard InChI is InChI=1S/C15H14ClFN4O3/c1-24-11-2-3-12(14(22)21-18)13(7-11)20-15(23)19-10-5-8(16)4-9(17)6-10/h2-7H,18H2,1H3,(H,21,22)(H2,19,20,23). The van der Waals surface area contributed by atoms with E-state index in [-0.39, 0.29) is 22.0 Å². The number of benzene rings is 2. The summed E-state index contributed by atoms with van der Waals surface area (Å²) in [6.45, 7) is 0. The molecule has 0 aliphatic carbocycles. The van der Waals surface area contributed by atoms with Crippen LogP contribution in [-0.2, 0) is 0 Å². The molecule has 2 aromatic carbocycles. The van der Waals surface area contributed by atoms with Crippen LogP contribution >= 0.6 is 11.6 Å². The first-order valence-corrected chi connectivity index (χ1v) is 7.04. The van der Waals surface area contributed by atoms with Crippen molar-refractivity contribution in [3.05, 3.63) is 52.8 Å². The number of amides is 3. The Morgan fingerprint density at radius 1 is 1.17 bits per heavy atom. The molecule has 0 spiro atoms. The average Bonchev–Trinajstić information content (AvgIpc) is 2.52. The third kappa shape index (κ3) is 4.34. The Kier molecular flexibility index (Phi) is 5.56. The highest BCUT2D eigenvalue weighted by atomic mass is 35.5. The Morgan fingerprint density at radius 2 is 1.92 bits per heavy atom. The molecule has 0 aromatic heterocycles. The Labute approximate surface area is 141 Å². The highest BCUT2D eigenvalue weighted by Crippen LogP contribution is 2.23. The van der Waals surface area contributed by atoms with Gasteiger partial charge >= 0.3 is 6.03 Å². The summed E-state index contributed by atoms with van der Waals surface area (Å²) in [7, 11) is 1.44. The van der Waals surface area contributed by atoms with Crippen molar-refractivity contribution in [2.24, 2.45) is 5.84 Å². The summed E-state index contributed by atoms with van der Waals surface area (Å²) in [5, 5.41) is 5.03. The number of ether oxygens (including phenoxy) is 1. The number of nitrogen functional groups attached to an aromatic ring is 1. The highest BCUT2D eigenvalue weighted by molar-refractivity contribution is 6.31. The van der Waals surface area contributed by atoms with Crippen LogP contribution in [0.3, 0.4) is 0 Å². The van der Waals surface area contributed by atoms with Crippen molar-refractivity contribution in [1.29, 1.82) is 0 Å². The van der Waals surface area contributed by atoms with Crippen LogP contribution in [-0.4, -0.2) is 19.0 Å². The minimum absolute atomic E-state index is 0.130. The van der Waals surface area contributed by atoms with Crippen molar-refractivity contribution < 1.29 is 18.7 Å². The lowest BCUT2D eigenvalue weighted by molar-refractivity contribution is 0.0954. The smallest absolute Gasteiger partial charge is 0.323 e. The van der Waals surface area contributed by atoms with Crippen LogP contribution in [0.4, 0.5) is 20.6 Å². The van der Waals surface area contributed by atoms with Gasteiger partial charge in [0.15, 0.2) is 0 Å². The van der Waals surface area contributed by atoms with Gasteiger partial charge in [0.05, 0.1) is 18.4 Å². The van der Waals surface area contributed by atoms with E-state index in [4.69, 9.17) is 22.2 Å². The maximum absolute atomic E-state index is 13.3. The second kappa shape index (κ2) is 7.62. The number of methoxy groups -OCH3 is 1. The minimum Gasteiger partial charge on any atom is -0.497 e. The number of nitrogens with two attached hydrogens (primary N) is 1. The Morgan fingerprint density at radius 3 is 2.54 bits per heavy atom. The lowest BCUT2D eigenvalue weighted by Crippen LogP contribution is -2.31. The van der Waals surface area contributed by atoms with Crippen molar-refractivity contribution in [3.8, 4) is 5.75 Å². The number of carbonyl (C=O) groups excluding carboxylic acids is 2. The SMILES string of the molecule is COc1ccc(C(=O)NN)c(NC(=O)Nc2cc(F)cc(Cl)c2)c1. The lowest BCUT2D eigenvalue weighted by atomic mass is 10.1. The second-order valence-electron chi connectivity index (χ2n) is 4.62. The maximum Gasteiger partial charge on any atom is 0.323 e. The summed E-state index contributed by atoms with van der Waals surface area (Å²) in [5.74, 6) is 4.35. The summed E-state index contributed by atoms with van der Waals surface area (Å²) in [4.78, 5) is 23.8. The van der Waals surface area contributed by atoms with Gasteiger partial charge in [-0.1, -0.05) is 11.6 Å². The van der Waals surface area contributed by atoms with Crippen molar-refractivity contribution in [2.75, 3.05) is 17.7 Å². The first-order valence-electron chi connectivity index (χ1n) is 6.66. The molecule has 2 rings (SSSR count). The van der Waals surface area contributed by atoms with Gasteiger partial charge in [0.25, 0.3) is 5.91 Å². The zero-order valence-corrected chi connectivity index (χ0v) is 13.3. The Bertz CT molecular complexity index is 765. The largest absolute Gasteiger partial charge is 0.497 e. The van der Waals surface area contributed by atoms with E-state index in [1.807, 2.05) is 5.43 Å². The van der Waals surface area contributed by atoms with E-state index >= 15 is 0 Å². The van der Waals surface area contributed by atoms with Gasteiger partial charge in [-0.3, -0.25) is 10.2 Å². The Hall–Kier alpha value is -2.84. The first kappa shape index (κ1) is 17.5. The zero-order valence-electron chi connectivity index (χ0n) is 12.5. The van der Waals surface area contributed by atoms with E-state index in [1.54, 1.807) is 6.07 Å². The van der Waals surface area contributed by atoms with E-state index in [1.165, 1.54) is 25.3 Å². The number of urea groups is 1. The summed E-state index contributed by atoms with van der Waals surface area (Å²) in [6.07, 6.45) is 0. The summed E-state index contributed by atoms with van der Waals surface area (Å²) >= 11 is 5.72. The normalized spacial score (nSPS) is 10.0. The molecule has 9 heteroatoms. The van der Waals surface area contributed by atoms with Crippen molar-refractivity contribution in [3.63, 3.8) is 0 Å². The van der Waals surface area contributed by atoms with E-state index in [9.17, 15) is 14.0 Å². The maximum atomic E-state index is 13.3. The van der Waals surface area contributed by atoms with Gasteiger partial charge in [-0.25, -0.2) is 15.0 Å². The molecule has 0 bridgehead atoms. The molecule has 126 valence electrons. The fourth-order valence-electron chi connectivity index (χ4n) is 1.94. The van der Waals surface area contributed by atoms with Gasteiger partial charge in [0.1, 0.15) is 11.6 Å². The number of anilines is 2. The number of halogens is 2. The molecule has 5 N–H and O–H groups in total. The van der Waals surface area contributed by atoms with Crippen LogP contribution in [0.2, 0.25) is 5.02 Å². The van der Waals surface area contributed by atoms with Crippen LogP contribution in [0, 0.1) is 5.82 Å². The molecule has 0 aliphatic rings. The predicted octanol–water partition coefficient (Wildman–Crippen LogP) is 2.74. The molecule has 0 saturated heterocycles. The molecule has 3 amide bonds. The van der Waals surface area contributed by atoms with Gasteiger partial charge in [-0.15, -0.1) is 0 Å². The number of hydrogen-bond acceptors (Lipinski definition) is 4.